The second-order valence-electron chi connectivity index (χ2n) is 8.25. The highest BCUT2D eigenvalue weighted by Crippen LogP contribution is 2.30. The van der Waals surface area contributed by atoms with E-state index in [9.17, 15) is 8.42 Å². The number of ether oxygens (including phenoxy) is 1. The molecule has 0 unspecified atom stereocenters. The highest BCUT2D eigenvalue weighted by molar-refractivity contribution is 7.93. The van der Waals surface area contributed by atoms with Gasteiger partial charge in [0.1, 0.15) is 5.75 Å². The summed E-state index contributed by atoms with van der Waals surface area (Å²) in [5.74, 6) is 1.48. The molecule has 7 heteroatoms. The normalized spacial score (nSPS) is 22.0. The third-order valence-electron chi connectivity index (χ3n) is 6.44. The Bertz CT molecular complexity index is 987. The van der Waals surface area contributed by atoms with Gasteiger partial charge in [0.2, 0.25) is 15.9 Å². The van der Waals surface area contributed by atoms with Gasteiger partial charge < -0.3 is 4.74 Å². The first-order valence-electron chi connectivity index (χ1n) is 10.6. The molecule has 0 spiro atoms. The fraction of sp³-hybridized carbons (Fsp3) is 0.500. The summed E-state index contributed by atoms with van der Waals surface area (Å²) in [6, 6.07) is 10.6. The number of hydrogen-bond donors (Lipinski definition) is 0. The molecule has 154 valence electrons. The summed E-state index contributed by atoms with van der Waals surface area (Å²) in [5, 5.41) is 0. The number of nitrogens with zero attached hydrogens (tertiary/aromatic N) is 3. The summed E-state index contributed by atoms with van der Waals surface area (Å²) in [4.78, 5) is 6.98. The minimum atomic E-state index is -3.19. The molecule has 2 aliphatic heterocycles. The van der Waals surface area contributed by atoms with Crippen LogP contribution in [0.15, 0.2) is 36.5 Å². The van der Waals surface area contributed by atoms with Gasteiger partial charge in [0.15, 0.2) is 0 Å². The van der Waals surface area contributed by atoms with Crippen LogP contribution in [-0.2, 0) is 22.9 Å². The molecule has 1 saturated heterocycles. The van der Waals surface area contributed by atoms with Crippen LogP contribution in [0.5, 0.6) is 11.6 Å². The summed E-state index contributed by atoms with van der Waals surface area (Å²) in [6.45, 7) is 2.80. The summed E-state index contributed by atoms with van der Waals surface area (Å²) in [7, 11) is -3.19. The molecule has 1 aromatic heterocycles. The maximum atomic E-state index is 12.1. The monoisotopic (exact) mass is 413 g/mol. The number of hydrogen-bond acceptors (Lipinski definition) is 5. The highest BCUT2D eigenvalue weighted by Gasteiger charge is 2.29. The largest absolute Gasteiger partial charge is 0.439 e. The van der Waals surface area contributed by atoms with Crippen molar-refractivity contribution in [2.75, 3.05) is 29.7 Å². The second-order valence-corrected chi connectivity index (χ2v) is 10.3. The van der Waals surface area contributed by atoms with Crippen LogP contribution in [0.2, 0.25) is 0 Å². The van der Waals surface area contributed by atoms with E-state index in [4.69, 9.17) is 4.74 Å². The van der Waals surface area contributed by atoms with Crippen LogP contribution in [-0.4, -0.2) is 49.7 Å². The summed E-state index contributed by atoms with van der Waals surface area (Å²) >= 11 is 0. The van der Waals surface area contributed by atoms with E-state index in [0.717, 1.165) is 37.7 Å². The zero-order valence-electron chi connectivity index (χ0n) is 16.6. The van der Waals surface area contributed by atoms with Gasteiger partial charge in [-0.05, 0) is 61.4 Å². The van der Waals surface area contributed by atoms with Crippen molar-refractivity contribution < 1.29 is 13.2 Å². The molecule has 1 aromatic carbocycles. The maximum absolute atomic E-state index is 12.1. The maximum Gasteiger partial charge on any atom is 0.235 e. The lowest BCUT2D eigenvalue weighted by Crippen LogP contribution is -2.41. The van der Waals surface area contributed by atoms with Crippen molar-refractivity contribution in [2.45, 2.75) is 44.6 Å². The fourth-order valence-corrected chi connectivity index (χ4v) is 6.08. The van der Waals surface area contributed by atoms with E-state index in [0.29, 0.717) is 24.5 Å². The Balaban J connectivity index is 1.27. The summed E-state index contributed by atoms with van der Waals surface area (Å²) in [6.07, 6.45) is 8.48. The number of aromatic nitrogens is 1. The van der Waals surface area contributed by atoms with E-state index in [2.05, 4.69) is 22.0 Å². The van der Waals surface area contributed by atoms with E-state index in [1.165, 1.54) is 34.7 Å². The van der Waals surface area contributed by atoms with E-state index < -0.39 is 10.0 Å². The van der Waals surface area contributed by atoms with E-state index in [1.54, 1.807) is 18.3 Å². The minimum Gasteiger partial charge on any atom is -0.439 e. The van der Waals surface area contributed by atoms with Gasteiger partial charge in [0.05, 0.1) is 17.6 Å². The summed E-state index contributed by atoms with van der Waals surface area (Å²) in [5.41, 5.74) is 3.39. The standard InChI is InChI=1S/C22H27N3O3S/c26-29(27)14-2-11-25(29)20-6-8-22(23-16-20)28-21-7-5-17-9-12-24(19-3-1-4-19)13-10-18(17)15-21/h5-8,15-16,19H,1-4,9-14H2. The van der Waals surface area contributed by atoms with Gasteiger partial charge in [0.25, 0.3) is 0 Å². The molecule has 6 nitrogen and oxygen atoms in total. The van der Waals surface area contributed by atoms with Crippen molar-refractivity contribution in [2.24, 2.45) is 0 Å². The van der Waals surface area contributed by atoms with Gasteiger partial charge >= 0.3 is 0 Å². The van der Waals surface area contributed by atoms with Gasteiger partial charge in [0, 0.05) is 31.7 Å². The fourth-order valence-electron chi connectivity index (χ4n) is 4.53. The van der Waals surface area contributed by atoms with Crippen molar-refractivity contribution in [3.8, 4) is 11.6 Å². The van der Waals surface area contributed by atoms with Crippen LogP contribution in [0.25, 0.3) is 0 Å². The molecule has 2 aromatic rings. The molecule has 0 bridgehead atoms. The SMILES string of the molecule is O=S1(=O)CCCN1c1ccc(Oc2ccc3c(c2)CCN(C2CCC2)CC3)nc1. The molecule has 29 heavy (non-hydrogen) atoms. The lowest BCUT2D eigenvalue weighted by atomic mass is 9.91. The van der Waals surface area contributed by atoms with Crippen molar-refractivity contribution in [3.05, 3.63) is 47.7 Å². The Morgan fingerprint density at radius 1 is 0.966 bits per heavy atom. The Labute approximate surface area is 172 Å². The molecule has 0 radical (unpaired) electrons. The van der Waals surface area contributed by atoms with Gasteiger partial charge in [-0.3, -0.25) is 9.21 Å². The molecule has 3 aliphatic rings. The van der Waals surface area contributed by atoms with Gasteiger partial charge in [-0.25, -0.2) is 13.4 Å². The average molecular weight is 414 g/mol. The molecule has 0 amide bonds. The van der Waals surface area contributed by atoms with Gasteiger partial charge in [-0.15, -0.1) is 0 Å². The molecule has 1 aliphatic carbocycles. The van der Waals surface area contributed by atoms with Crippen molar-refractivity contribution in [1.29, 1.82) is 0 Å². The van der Waals surface area contributed by atoms with Crippen LogP contribution < -0.4 is 9.04 Å². The highest BCUT2D eigenvalue weighted by atomic mass is 32.2. The molecule has 0 atom stereocenters. The number of rotatable bonds is 4. The first kappa shape index (κ1) is 18.9. The first-order chi connectivity index (χ1) is 14.1. The lowest BCUT2D eigenvalue weighted by Gasteiger charge is -2.36. The van der Waals surface area contributed by atoms with E-state index in [1.807, 2.05) is 6.07 Å². The van der Waals surface area contributed by atoms with Crippen LogP contribution >= 0.6 is 0 Å². The average Bonchev–Trinajstić information content (AvgIpc) is 2.90. The van der Waals surface area contributed by atoms with E-state index >= 15 is 0 Å². The zero-order valence-corrected chi connectivity index (χ0v) is 17.4. The molecule has 3 heterocycles. The molecular formula is C22H27N3O3S. The van der Waals surface area contributed by atoms with Gasteiger partial charge in [-0.2, -0.15) is 0 Å². The smallest absolute Gasteiger partial charge is 0.235 e. The third kappa shape index (κ3) is 3.85. The number of sulfonamides is 1. The summed E-state index contributed by atoms with van der Waals surface area (Å²) < 4.78 is 31.5. The Kier molecular flexibility index (Phi) is 4.95. The molecule has 5 rings (SSSR count). The predicted molar refractivity (Wildman–Crippen MR) is 113 cm³/mol. The second kappa shape index (κ2) is 7.61. The molecular weight excluding hydrogens is 386 g/mol. The molecule has 0 N–H and O–H groups in total. The molecule has 1 saturated carbocycles. The predicted octanol–water partition coefficient (Wildman–Crippen LogP) is 3.37. The zero-order chi connectivity index (χ0) is 19.8. The quantitative estimate of drug-likeness (QED) is 0.769. The number of benzene rings is 1. The van der Waals surface area contributed by atoms with Crippen molar-refractivity contribution in [3.63, 3.8) is 0 Å². The number of anilines is 1. The lowest BCUT2D eigenvalue weighted by molar-refractivity contribution is 0.133. The minimum absolute atomic E-state index is 0.207. The number of fused-ring (bicyclic) bond motifs is 1. The van der Waals surface area contributed by atoms with E-state index in [-0.39, 0.29) is 5.75 Å². The topological polar surface area (TPSA) is 62.7 Å². The van der Waals surface area contributed by atoms with Crippen LogP contribution in [0, 0.1) is 0 Å². The third-order valence-corrected chi connectivity index (χ3v) is 8.31. The number of pyridine rings is 1. The first-order valence-corrected chi connectivity index (χ1v) is 12.2. The van der Waals surface area contributed by atoms with Crippen LogP contribution in [0.3, 0.4) is 0 Å². The van der Waals surface area contributed by atoms with Gasteiger partial charge in [-0.1, -0.05) is 12.5 Å². The van der Waals surface area contributed by atoms with Crippen molar-refractivity contribution in [1.82, 2.24) is 9.88 Å². The van der Waals surface area contributed by atoms with Crippen LogP contribution in [0.4, 0.5) is 5.69 Å². The molecule has 2 fully saturated rings. The Morgan fingerprint density at radius 3 is 2.45 bits per heavy atom. The Morgan fingerprint density at radius 2 is 1.79 bits per heavy atom. The van der Waals surface area contributed by atoms with Crippen molar-refractivity contribution >= 4 is 15.7 Å². The van der Waals surface area contributed by atoms with Crippen LogP contribution in [0.1, 0.15) is 36.8 Å². The Hall–Kier alpha value is -2.12.